The van der Waals surface area contributed by atoms with Crippen molar-refractivity contribution >= 4 is 23.0 Å². The minimum absolute atomic E-state index is 0.0925. The zero-order valence-electron chi connectivity index (χ0n) is 13.9. The van der Waals surface area contributed by atoms with Crippen LogP contribution in [0.4, 0.5) is 17.1 Å². The fourth-order valence-electron chi connectivity index (χ4n) is 2.04. The second-order valence-electron chi connectivity index (χ2n) is 5.14. The number of carbonyl (C=O) groups excluding carboxylic acids is 1. The standard InChI is InChI=1S/C16H15N3O7/c1-10(26-13-6-3-11(4-7-13)18(21)22)16(20)17-14-8-5-12(19(23)24)9-15(14)25-2/h3-10H,1-2H3,(H,17,20)/t10-/m1/s1. The van der Waals surface area contributed by atoms with Gasteiger partial charge >= 0.3 is 0 Å². The van der Waals surface area contributed by atoms with E-state index in [2.05, 4.69) is 5.32 Å². The van der Waals surface area contributed by atoms with E-state index in [1.807, 2.05) is 0 Å². The maximum Gasteiger partial charge on any atom is 0.273 e. The molecule has 0 heterocycles. The quantitative estimate of drug-likeness (QED) is 0.592. The number of ether oxygens (including phenoxy) is 2. The van der Waals surface area contributed by atoms with Crippen molar-refractivity contribution in [1.82, 2.24) is 0 Å². The Morgan fingerprint density at radius 1 is 1.04 bits per heavy atom. The van der Waals surface area contributed by atoms with Crippen molar-refractivity contribution in [2.24, 2.45) is 0 Å². The third kappa shape index (κ3) is 4.44. The van der Waals surface area contributed by atoms with Gasteiger partial charge in [-0.3, -0.25) is 25.0 Å². The number of nitro groups is 2. The van der Waals surface area contributed by atoms with Gasteiger partial charge in [0.1, 0.15) is 11.5 Å². The lowest BCUT2D eigenvalue weighted by molar-refractivity contribution is -0.385. The average Bonchev–Trinajstić information content (AvgIpc) is 2.62. The molecule has 136 valence electrons. The molecule has 2 rings (SSSR count). The summed E-state index contributed by atoms with van der Waals surface area (Å²) in [6.45, 7) is 1.49. The summed E-state index contributed by atoms with van der Waals surface area (Å²) in [6, 6.07) is 9.08. The van der Waals surface area contributed by atoms with E-state index in [1.54, 1.807) is 0 Å². The second kappa shape index (κ2) is 7.92. The van der Waals surface area contributed by atoms with Crippen molar-refractivity contribution in [3.63, 3.8) is 0 Å². The van der Waals surface area contributed by atoms with E-state index in [1.165, 1.54) is 56.5 Å². The fourth-order valence-corrected chi connectivity index (χ4v) is 2.04. The number of benzene rings is 2. The molecule has 0 fully saturated rings. The predicted octanol–water partition coefficient (Wildman–Crippen LogP) is 2.92. The molecule has 0 aliphatic heterocycles. The first-order chi connectivity index (χ1) is 12.3. The van der Waals surface area contributed by atoms with Crippen LogP contribution in [-0.2, 0) is 4.79 Å². The van der Waals surface area contributed by atoms with Crippen molar-refractivity contribution in [2.45, 2.75) is 13.0 Å². The molecule has 2 aromatic rings. The Balaban J connectivity index is 2.06. The van der Waals surface area contributed by atoms with Crippen LogP contribution in [-0.4, -0.2) is 29.0 Å². The SMILES string of the molecule is COc1cc([N+](=O)[O-])ccc1NC(=O)[C@@H](C)Oc1ccc([N+](=O)[O-])cc1. The molecular weight excluding hydrogens is 346 g/mol. The number of nitro benzene ring substituents is 2. The number of amides is 1. The molecule has 0 aliphatic carbocycles. The normalized spacial score (nSPS) is 11.3. The molecule has 0 spiro atoms. The lowest BCUT2D eigenvalue weighted by atomic mass is 10.2. The molecular formula is C16H15N3O7. The van der Waals surface area contributed by atoms with Gasteiger partial charge in [-0.1, -0.05) is 0 Å². The fraction of sp³-hybridized carbons (Fsp3) is 0.188. The number of hydrogen-bond acceptors (Lipinski definition) is 7. The molecule has 1 N–H and O–H groups in total. The van der Waals surface area contributed by atoms with E-state index >= 15 is 0 Å². The largest absolute Gasteiger partial charge is 0.494 e. The second-order valence-corrected chi connectivity index (χ2v) is 5.14. The highest BCUT2D eigenvalue weighted by atomic mass is 16.6. The molecule has 1 amide bonds. The molecule has 0 aromatic heterocycles. The van der Waals surface area contributed by atoms with E-state index in [9.17, 15) is 25.0 Å². The molecule has 0 saturated heterocycles. The molecule has 10 nitrogen and oxygen atoms in total. The van der Waals surface area contributed by atoms with Gasteiger partial charge < -0.3 is 14.8 Å². The van der Waals surface area contributed by atoms with E-state index in [0.717, 1.165) is 0 Å². The third-order valence-corrected chi connectivity index (χ3v) is 3.38. The van der Waals surface area contributed by atoms with Gasteiger partial charge in [-0.2, -0.15) is 0 Å². The molecule has 0 bridgehead atoms. The zero-order chi connectivity index (χ0) is 19.3. The Bertz CT molecular complexity index is 836. The number of non-ortho nitro benzene ring substituents is 2. The van der Waals surface area contributed by atoms with Gasteiger partial charge in [0.05, 0.1) is 28.7 Å². The van der Waals surface area contributed by atoms with Gasteiger partial charge in [0.25, 0.3) is 17.3 Å². The predicted molar refractivity (Wildman–Crippen MR) is 91.5 cm³/mol. The number of rotatable bonds is 7. The molecule has 26 heavy (non-hydrogen) atoms. The Hall–Kier alpha value is -3.69. The molecule has 10 heteroatoms. The monoisotopic (exact) mass is 361 g/mol. The van der Waals surface area contributed by atoms with E-state index in [0.29, 0.717) is 0 Å². The first kappa shape index (κ1) is 18.6. The summed E-state index contributed by atoms with van der Waals surface area (Å²) in [5, 5.41) is 24.0. The molecule has 0 aliphatic rings. The summed E-state index contributed by atoms with van der Waals surface area (Å²) in [4.78, 5) is 32.5. The number of nitrogens with zero attached hydrogens (tertiary/aromatic N) is 2. The van der Waals surface area contributed by atoms with E-state index in [-0.39, 0.29) is 28.6 Å². The lowest BCUT2D eigenvalue weighted by Gasteiger charge is -2.16. The summed E-state index contributed by atoms with van der Waals surface area (Å²) in [5.74, 6) is -0.0977. The topological polar surface area (TPSA) is 134 Å². The Morgan fingerprint density at radius 2 is 1.62 bits per heavy atom. The summed E-state index contributed by atoms with van der Waals surface area (Å²) in [7, 11) is 1.32. The van der Waals surface area contributed by atoms with Crippen LogP contribution in [0.3, 0.4) is 0 Å². The number of methoxy groups -OCH3 is 1. The summed E-state index contributed by atoms with van der Waals surface area (Å²) >= 11 is 0. The first-order valence-electron chi connectivity index (χ1n) is 7.36. The number of nitrogens with one attached hydrogen (secondary N) is 1. The van der Waals surface area contributed by atoms with Crippen LogP contribution in [0.15, 0.2) is 42.5 Å². The van der Waals surface area contributed by atoms with Crippen LogP contribution in [0, 0.1) is 20.2 Å². The van der Waals surface area contributed by atoms with Gasteiger partial charge in [-0.15, -0.1) is 0 Å². The third-order valence-electron chi connectivity index (χ3n) is 3.38. The minimum Gasteiger partial charge on any atom is -0.494 e. The summed E-state index contributed by atoms with van der Waals surface area (Å²) < 4.78 is 10.5. The first-order valence-corrected chi connectivity index (χ1v) is 7.36. The van der Waals surface area contributed by atoms with Gasteiger partial charge in [-0.25, -0.2) is 0 Å². The van der Waals surface area contributed by atoms with Crippen LogP contribution in [0.1, 0.15) is 6.92 Å². The van der Waals surface area contributed by atoms with Crippen LogP contribution >= 0.6 is 0 Å². The Morgan fingerprint density at radius 3 is 2.15 bits per heavy atom. The molecule has 2 aromatic carbocycles. The van der Waals surface area contributed by atoms with Crippen molar-refractivity contribution in [1.29, 1.82) is 0 Å². The van der Waals surface area contributed by atoms with E-state index < -0.39 is 21.9 Å². The van der Waals surface area contributed by atoms with E-state index in [4.69, 9.17) is 9.47 Å². The van der Waals surface area contributed by atoms with Gasteiger partial charge in [-0.05, 0) is 25.1 Å². The minimum atomic E-state index is -0.920. The smallest absolute Gasteiger partial charge is 0.273 e. The molecule has 1 atom stereocenters. The van der Waals surface area contributed by atoms with Crippen molar-refractivity contribution in [2.75, 3.05) is 12.4 Å². The highest BCUT2D eigenvalue weighted by Gasteiger charge is 2.19. The van der Waals surface area contributed by atoms with Gasteiger partial charge in [0.2, 0.25) is 0 Å². The van der Waals surface area contributed by atoms with Crippen LogP contribution in [0.2, 0.25) is 0 Å². The zero-order valence-corrected chi connectivity index (χ0v) is 13.9. The lowest BCUT2D eigenvalue weighted by Crippen LogP contribution is -2.30. The Labute approximate surface area is 147 Å². The van der Waals surface area contributed by atoms with Crippen LogP contribution in [0.5, 0.6) is 11.5 Å². The van der Waals surface area contributed by atoms with Gasteiger partial charge in [0, 0.05) is 18.2 Å². The molecule has 0 saturated carbocycles. The van der Waals surface area contributed by atoms with Crippen molar-refractivity contribution in [3.8, 4) is 11.5 Å². The summed E-state index contributed by atoms with van der Waals surface area (Å²) in [6.07, 6.45) is -0.920. The molecule has 0 unspecified atom stereocenters. The average molecular weight is 361 g/mol. The number of carbonyl (C=O) groups is 1. The van der Waals surface area contributed by atoms with Crippen molar-refractivity contribution in [3.05, 3.63) is 62.7 Å². The van der Waals surface area contributed by atoms with Gasteiger partial charge in [0.15, 0.2) is 6.10 Å². The highest BCUT2D eigenvalue weighted by molar-refractivity contribution is 5.95. The number of hydrogen-bond donors (Lipinski definition) is 1. The summed E-state index contributed by atoms with van der Waals surface area (Å²) in [5.41, 5.74) is -0.0117. The number of anilines is 1. The highest BCUT2D eigenvalue weighted by Crippen LogP contribution is 2.29. The maximum atomic E-state index is 12.2. The molecule has 0 radical (unpaired) electrons. The maximum absolute atomic E-state index is 12.2. The van der Waals surface area contributed by atoms with Crippen LogP contribution in [0.25, 0.3) is 0 Å². The Kier molecular flexibility index (Phi) is 5.68. The van der Waals surface area contributed by atoms with Crippen molar-refractivity contribution < 1.29 is 24.1 Å². The van der Waals surface area contributed by atoms with Crippen LogP contribution < -0.4 is 14.8 Å².